The van der Waals surface area contributed by atoms with E-state index >= 15 is 0 Å². The van der Waals surface area contributed by atoms with Gasteiger partial charge in [-0.05, 0) is 42.8 Å². The molecule has 4 heteroatoms. The van der Waals surface area contributed by atoms with E-state index in [9.17, 15) is 8.78 Å². The van der Waals surface area contributed by atoms with Gasteiger partial charge in [0.25, 0.3) is 0 Å². The summed E-state index contributed by atoms with van der Waals surface area (Å²) in [4.78, 5) is 1.28. The van der Waals surface area contributed by atoms with E-state index in [0.29, 0.717) is 10.5 Å². The van der Waals surface area contributed by atoms with Crippen molar-refractivity contribution in [1.82, 2.24) is 0 Å². The molecule has 2 aromatic rings. The van der Waals surface area contributed by atoms with Crippen molar-refractivity contribution < 1.29 is 8.78 Å². The van der Waals surface area contributed by atoms with E-state index in [1.54, 1.807) is 31.2 Å². The zero-order valence-corrected chi connectivity index (χ0v) is 10.7. The van der Waals surface area contributed by atoms with E-state index in [2.05, 4.69) is 0 Å². The van der Waals surface area contributed by atoms with Gasteiger partial charge in [0.05, 0.1) is 0 Å². The van der Waals surface area contributed by atoms with Gasteiger partial charge < -0.3 is 5.73 Å². The first-order valence-corrected chi connectivity index (χ1v) is 6.37. The molecule has 0 aliphatic carbocycles. The molecule has 0 aliphatic rings. The van der Waals surface area contributed by atoms with Crippen molar-refractivity contribution in [2.75, 3.05) is 0 Å². The largest absolute Gasteiger partial charge is 0.324 e. The molecule has 0 saturated heterocycles. The highest BCUT2D eigenvalue weighted by atomic mass is 32.2. The van der Waals surface area contributed by atoms with Crippen LogP contribution in [0.25, 0.3) is 0 Å². The lowest BCUT2D eigenvalue weighted by Crippen LogP contribution is -2.06. The molecular formula is C14H13F2NS. The minimum atomic E-state index is -0.333. The SMILES string of the molecule is C[C@H](N)c1cc(F)ccc1Sc1ccccc1F. The summed E-state index contributed by atoms with van der Waals surface area (Å²) < 4.78 is 26.7. The highest BCUT2D eigenvalue weighted by molar-refractivity contribution is 7.99. The van der Waals surface area contributed by atoms with Crippen molar-refractivity contribution in [3.05, 3.63) is 59.7 Å². The van der Waals surface area contributed by atoms with E-state index in [-0.39, 0.29) is 17.7 Å². The maximum Gasteiger partial charge on any atom is 0.137 e. The predicted molar refractivity (Wildman–Crippen MR) is 69.5 cm³/mol. The van der Waals surface area contributed by atoms with Crippen LogP contribution in [-0.4, -0.2) is 0 Å². The van der Waals surface area contributed by atoms with Gasteiger partial charge in [-0.15, -0.1) is 0 Å². The van der Waals surface area contributed by atoms with Gasteiger partial charge in [0.15, 0.2) is 0 Å². The van der Waals surface area contributed by atoms with Crippen molar-refractivity contribution in [3.8, 4) is 0 Å². The lowest BCUT2D eigenvalue weighted by molar-refractivity contribution is 0.601. The fourth-order valence-electron chi connectivity index (χ4n) is 1.61. The minimum absolute atomic E-state index is 0.289. The number of hydrogen-bond acceptors (Lipinski definition) is 2. The van der Waals surface area contributed by atoms with Crippen LogP contribution in [0.15, 0.2) is 52.3 Å². The van der Waals surface area contributed by atoms with Gasteiger partial charge in [0.1, 0.15) is 11.6 Å². The van der Waals surface area contributed by atoms with Crippen LogP contribution in [0.5, 0.6) is 0 Å². The summed E-state index contributed by atoms with van der Waals surface area (Å²) in [7, 11) is 0. The van der Waals surface area contributed by atoms with Crippen molar-refractivity contribution in [2.24, 2.45) is 5.73 Å². The summed E-state index contributed by atoms with van der Waals surface area (Å²) in [5.74, 6) is -0.623. The van der Waals surface area contributed by atoms with Crippen LogP contribution in [0.3, 0.4) is 0 Å². The van der Waals surface area contributed by atoms with Crippen LogP contribution < -0.4 is 5.73 Å². The molecule has 0 amide bonds. The Balaban J connectivity index is 2.37. The normalized spacial score (nSPS) is 12.4. The molecule has 0 radical (unpaired) electrons. The summed E-state index contributed by atoms with van der Waals surface area (Å²) in [5.41, 5.74) is 6.48. The van der Waals surface area contributed by atoms with Gasteiger partial charge >= 0.3 is 0 Å². The number of nitrogens with two attached hydrogens (primary N) is 1. The molecule has 0 aromatic heterocycles. The number of rotatable bonds is 3. The molecule has 18 heavy (non-hydrogen) atoms. The fraction of sp³-hybridized carbons (Fsp3) is 0.143. The highest BCUT2D eigenvalue weighted by Gasteiger charge is 2.11. The third kappa shape index (κ3) is 2.89. The molecule has 0 aliphatic heterocycles. The van der Waals surface area contributed by atoms with E-state index in [4.69, 9.17) is 5.73 Å². The Bertz CT molecular complexity index is 555. The monoisotopic (exact) mass is 265 g/mol. The average molecular weight is 265 g/mol. The quantitative estimate of drug-likeness (QED) is 0.902. The zero-order chi connectivity index (χ0) is 13.1. The Labute approximate surface area is 109 Å². The van der Waals surface area contributed by atoms with Crippen LogP contribution in [0.1, 0.15) is 18.5 Å². The summed E-state index contributed by atoms with van der Waals surface area (Å²) in [6, 6.07) is 10.6. The van der Waals surface area contributed by atoms with Crippen LogP contribution in [-0.2, 0) is 0 Å². The Morgan fingerprint density at radius 1 is 1.06 bits per heavy atom. The Morgan fingerprint density at radius 3 is 2.44 bits per heavy atom. The smallest absolute Gasteiger partial charge is 0.137 e. The second-order valence-corrected chi connectivity index (χ2v) is 5.09. The van der Waals surface area contributed by atoms with Crippen molar-refractivity contribution >= 4 is 11.8 Å². The molecule has 0 heterocycles. The maximum atomic E-state index is 13.6. The van der Waals surface area contributed by atoms with Crippen LogP contribution >= 0.6 is 11.8 Å². The molecule has 94 valence electrons. The van der Waals surface area contributed by atoms with Crippen LogP contribution in [0.4, 0.5) is 8.78 Å². The topological polar surface area (TPSA) is 26.0 Å². The third-order valence-electron chi connectivity index (χ3n) is 2.52. The molecular weight excluding hydrogens is 252 g/mol. The summed E-state index contributed by atoms with van der Waals surface area (Å²) in [6.45, 7) is 1.78. The summed E-state index contributed by atoms with van der Waals surface area (Å²) >= 11 is 1.26. The van der Waals surface area contributed by atoms with Crippen molar-refractivity contribution in [2.45, 2.75) is 22.8 Å². The van der Waals surface area contributed by atoms with Crippen LogP contribution in [0, 0.1) is 11.6 Å². The molecule has 0 unspecified atom stereocenters. The molecule has 0 fully saturated rings. The molecule has 2 rings (SSSR count). The number of benzene rings is 2. The minimum Gasteiger partial charge on any atom is -0.324 e. The Hall–Kier alpha value is -1.39. The van der Waals surface area contributed by atoms with Crippen molar-refractivity contribution in [1.29, 1.82) is 0 Å². The first kappa shape index (κ1) is 13.1. The van der Waals surface area contributed by atoms with E-state index in [1.165, 1.54) is 30.0 Å². The van der Waals surface area contributed by atoms with E-state index in [1.807, 2.05) is 0 Å². The van der Waals surface area contributed by atoms with Gasteiger partial charge in [0.2, 0.25) is 0 Å². The number of hydrogen-bond donors (Lipinski definition) is 1. The standard InChI is InChI=1S/C14H13F2NS/c1-9(17)11-8-10(15)6-7-13(11)18-14-5-3-2-4-12(14)16/h2-9H,17H2,1H3/t9-/m0/s1. The Morgan fingerprint density at radius 2 is 1.78 bits per heavy atom. The lowest BCUT2D eigenvalue weighted by Gasteiger charge is -2.12. The molecule has 2 N–H and O–H groups in total. The first-order chi connectivity index (χ1) is 8.58. The third-order valence-corrected chi connectivity index (χ3v) is 3.66. The zero-order valence-electron chi connectivity index (χ0n) is 9.86. The molecule has 0 spiro atoms. The van der Waals surface area contributed by atoms with Gasteiger partial charge in [0, 0.05) is 15.8 Å². The van der Waals surface area contributed by atoms with Crippen molar-refractivity contribution in [3.63, 3.8) is 0 Å². The maximum absolute atomic E-state index is 13.6. The predicted octanol–water partition coefficient (Wildman–Crippen LogP) is 4.14. The van der Waals surface area contributed by atoms with Gasteiger partial charge in [-0.2, -0.15) is 0 Å². The molecule has 0 bridgehead atoms. The van der Waals surface area contributed by atoms with Gasteiger partial charge in [-0.25, -0.2) is 8.78 Å². The lowest BCUT2D eigenvalue weighted by atomic mass is 10.1. The highest BCUT2D eigenvalue weighted by Crippen LogP contribution is 2.34. The van der Waals surface area contributed by atoms with Crippen LogP contribution in [0.2, 0.25) is 0 Å². The second-order valence-electron chi connectivity index (χ2n) is 4.00. The number of halogens is 2. The molecule has 1 nitrogen and oxygen atoms in total. The van der Waals surface area contributed by atoms with Gasteiger partial charge in [-0.1, -0.05) is 23.9 Å². The van der Waals surface area contributed by atoms with E-state index in [0.717, 1.165) is 4.90 Å². The second kappa shape index (κ2) is 5.50. The molecule has 1 atom stereocenters. The molecule has 0 saturated carbocycles. The molecule has 2 aromatic carbocycles. The Kier molecular flexibility index (Phi) is 3.99. The van der Waals surface area contributed by atoms with Gasteiger partial charge in [-0.3, -0.25) is 0 Å². The average Bonchev–Trinajstić information content (AvgIpc) is 2.34. The van der Waals surface area contributed by atoms with E-state index < -0.39 is 0 Å². The summed E-state index contributed by atoms with van der Waals surface area (Å²) in [6.07, 6.45) is 0. The fourth-order valence-corrected chi connectivity index (χ4v) is 2.66. The first-order valence-electron chi connectivity index (χ1n) is 5.55. The summed E-state index contributed by atoms with van der Waals surface area (Å²) in [5, 5.41) is 0.